The van der Waals surface area contributed by atoms with Crippen molar-refractivity contribution in [3.05, 3.63) is 85.1 Å². The van der Waals surface area contributed by atoms with E-state index in [1.807, 2.05) is 6.92 Å². The number of hydrogen-bond donors (Lipinski definition) is 21. The number of ether oxygens (including phenoxy) is 7. The highest BCUT2D eigenvalue weighted by molar-refractivity contribution is 5.80. The minimum Gasteiger partial charge on any atom is -0.462 e. The third-order valence-corrected chi connectivity index (χ3v) is 17.3. The van der Waals surface area contributed by atoms with Crippen LogP contribution in [0, 0.1) is 17.8 Å². The van der Waals surface area contributed by atoms with Crippen molar-refractivity contribution in [2.24, 2.45) is 23.5 Å². The van der Waals surface area contributed by atoms with Crippen LogP contribution in [0.15, 0.2) is 85.1 Å². The Morgan fingerprint density at radius 1 is 0.624 bits per heavy atom. The molecule has 30 heteroatoms. The van der Waals surface area contributed by atoms with Gasteiger partial charge in [0.1, 0.15) is 54.9 Å². The fourth-order valence-electron chi connectivity index (χ4n) is 11.6. The first-order chi connectivity index (χ1) is 44.0. The molecule has 4 saturated heterocycles. The number of hydrogen-bond acceptors (Lipinski definition) is 29. The van der Waals surface area contributed by atoms with E-state index in [1.54, 1.807) is 92.8 Å². The highest BCUT2D eigenvalue weighted by atomic mass is 16.7. The zero-order chi connectivity index (χ0) is 68.7. The molecule has 4 fully saturated rings. The van der Waals surface area contributed by atoms with E-state index in [9.17, 15) is 96.4 Å². The molecule has 532 valence electrons. The molecule has 0 aliphatic carbocycles. The summed E-state index contributed by atoms with van der Waals surface area (Å²) in [6.45, 7) is 5.35. The fourth-order valence-corrected chi connectivity index (χ4v) is 11.6. The van der Waals surface area contributed by atoms with E-state index in [1.165, 1.54) is 13.0 Å². The minimum atomic E-state index is -2.68. The zero-order valence-electron chi connectivity index (χ0n) is 53.1. The van der Waals surface area contributed by atoms with E-state index >= 15 is 0 Å². The van der Waals surface area contributed by atoms with Crippen LogP contribution < -0.4 is 21.7 Å². The first kappa shape index (κ1) is 79.8. The summed E-state index contributed by atoms with van der Waals surface area (Å²) in [5.74, 6) is -8.84. The van der Waals surface area contributed by atoms with E-state index in [2.05, 4.69) is 16.0 Å². The number of nitrogens with one attached hydrogen (secondary N) is 3. The van der Waals surface area contributed by atoms with Crippen LogP contribution in [0.1, 0.15) is 79.1 Å². The topological polar surface area (TPSA) is 505 Å². The molecule has 0 aromatic carbocycles. The second-order valence-corrected chi connectivity index (χ2v) is 24.9. The Hall–Kier alpha value is -3.92. The smallest absolute Gasteiger partial charge is 0.308 e. The van der Waals surface area contributed by atoms with Gasteiger partial charge in [0.15, 0.2) is 18.4 Å². The Morgan fingerprint density at radius 3 is 1.88 bits per heavy atom. The maximum Gasteiger partial charge on any atom is 0.308 e. The molecule has 0 spiro atoms. The molecule has 5 heterocycles. The van der Waals surface area contributed by atoms with Crippen molar-refractivity contribution in [1.82, 2.24) is 16.0 Å². The molecule has 2 bridgehead atoms. The van der Waals surface area contributed by atoms with Gasteiger partial charge in [0.2, 0.25) is 11.7 Å². The molecule has 30 nitrogen and oxygen atoms in total. The van der Waals surface area contributed by atoms with Crippen LogP contribution in [0.2, 0.25) is 0 Å². The number of aliphatic hydroxyl groups excluding tert-OH is 15. The highest BCUT2D eigenvalue weighted by Crippen LogP contribution is 2.39. The maximum absolute atomic E-state index is 14.1. The number of carbonyl (C=O) groups is 2. The fraction of sp³-hybridized carbons (Fsp3) is 0.746. The molecule has 5 aliphatic rings. The van der Waals surface area contributed by atoms with E-state index in [4.69, 9.17) is 38.9 Å². The lowest BCUT2D eigenvalue weighted by Crippen LogP contribution is -2.70. The van der Waals surface area contributed by atoms with Crippen molar-refractivity contribution in [1.29, 1.82) is 0 Å². The molecule has 4 unspecified atom stereocenters. The summed E-state index contributed by atoms with van der Waals surface area (Å²) in [5.41, 5.74) is 5.61. The normalized spacial score (nSPS) is 43.0. The Bertz CT molecular complexity index is 2440. The van der Waals surface area contributed by atoms with Gasteiger partial charge in [0.25, 0.3) is 0 Å². The second kappa shape index (κ2) is 38.9. The number of aliphatic hydroxyl groups is 17. The molecule has 22 N–H and O–H groups in total. The van der Waals surface area contributed by atoms with Crippen molar-refractivity contribution in [2.45, 2.75) is 231 Å². The van der Waals surface area contributed by atoms with Crippen molar-refractivity contribution < 1.29 is 130 Å². The number of amides is 1. The largest absolute Gasteiger partial charge is 0.462 e. The summed E-state index contributed by atoms with van der Waals surface area (Å²) in [4.78, 5) is 26.9. The van der Waals surface area contributed by atoms with Crippen LogP contribution in [-0.4, -0.2) is 297 Å². The van der Waals surface area contributed by atoms with Crippen LogP contribution in [0.25, 0.3) is 0 Å². The molecule has 5 aliphatic heterocycles. The molecule has 93 heavy (non-hydrogen) atoms. The average Bonchev–Trinajstić information content (AvgIpc) is 0.802. The van der Waals surface area contributed by atoms with Gasteiger partial charge in [-0.1, -0.05) is 98.9 Å². The van der Waals surface area contributed by atoms with Crippen LogP contribution in [0.4, 0.5) is 0 Å². The number of carbonyl (C=O) groups excluding carboxylic acids is 2. The predicted molar refractivity (Wildman–Crippen MR) is 330 cm³/mol. The summed E-state index contributed by atoms with van der Waals surface area (Å²) in [6, 6.07) is -1.48. The SMILES string of the molecule is C[C@@H]1[C@H](O)[C@@H](C)C=CC=CC=CC=CC=CC=CC=C[C@H](OC2O[C@H](C)[C@@H](O)[C@H](NC[C@@]3(O)OC[C@@H](O)[C@@H](OC4O[C@H](CO)[C@H](O)[C@H](O)[C@H]4O)[C@@H]3O)[C@@H]2O)CC2O[C@](O)(C[C@@H](O)C[C@@H](O)[C@H](O)CC[C@@H](O)C[C@@H](O)CC(=O)O[C@H]1C)C[C@H](O)C2C(=O)NCCNCCN. The Balaban J connectivity index is 1.42. The zero-order valence-corrected chi connectivity index (χ0v) is 53.1. The van der Waals surface area contributed by atoms with Crippen molar-refractivity contribution >= 4 is 11.9 Å². The van der Waals surface area contributed by atoms with Gasteiger partial charge in [0, 0.05) is 63.7 Å². The third-order valence-electron chi connectivity index (χ3n) is 17.3. The van der Waals surface area contributed by atoms with Gasteiger partial charge in [-0.05, 0) is 33.1 Å². The third kappa shape index (κ3) is 24.2. The van der Waals surface area contributed by atoms with Crippen molar-refractivity contribution in [2.75, 3.05) is 45.9 Å². The van der Waals surface area contributed by atoms with Crippen LogP contribution in [0.3, 0.4) is 0 Å². The van der Waals surface area contributed by atoms with Gasteiger partial charge in [-0.2, -0.15) is 0 Å². The number of cyclic esters (lactones) is 1. The van der Waals surface area contributed by atoms with Crippen LogP contribution >= 0.6 is 0 Å². The van der Waals surface area contributed by atoms with Crippen LogP contribution in [-0.2, 0) is 42.7 Å². The number of nitrogens with two attached hydrogens (primary N) is 1. The molecule has 28 atom stereocenters. The Kier molecular flexibility index (Phi) is 33.3. The molecular formula is C63H104N4O26. The number of rotatable bonds is 14. The molecule has 0 aromatic heterocycles. The van der Waals surface area contributed by atoms with Gasteiger partial charge >= 0.3 is 5.97 Å². The lowest BCUT2D eigenvalue weighted by molar-refractivity contribution is -0.368. The maximum atomic E-state index is 14.1. The first-order valence-corrected chi connectivity index (χ1v) is 31.8. The van der Waals surface area contributed by atoms with Crippen LogP contribution in [0.5, 0.6) is 0 Å². The summed E-state index contributed by atoms with van der Waals surface area (Å²) in [5, 5.41) is 197. The first-order valence-electron chi connectivity index (χ1n) is 31.8. The molecule has 0 aromatic rings. The van der Waals surface area contributed by atoms with E-state index in [-0.39, 0.29) is 38.3 Å². The molecule has 5 rings (SSSR count). The summed E-state index contributed by atoms with van der Waals surface area (Å²) in [7, 11) is 0. The monoisotopic (exact) mass is 1330 g/mol. The predicted octanol–water partition coefficient (Wildman–Crippen LogP) is -5.45. The Morgan fingerprint density at radius 2 is 1.25 bits per heavy atom. The summed E-state index contributed by atoms with van der Waals surface area (Å²) < 4.78 is 40.7. The molecule has 1 amide bonds. The molecule has 0 saturated carbocycles. The second-order valence-electron chi connectivity index (χ2n) is 24.9. The minimum absolute atomic E-state index is 0.0630. The quantitative estimate of drug-likeness (QED) is 0.0570. The lowest BCUT2D eigenvalue weighted by Gasteiger charge is -2.48. The number of fused-ring (bicyclic) bond motifs is 2. The molecule has 0 radical (unpaired) electrons. The highest BCUT2D eigenvalue weighted by Gasteiger charge is 2.55. The average molecular weight is 1330 g/mol. The summed E-state index contributed by atoms with van der Waals surface area (Å²) in [6.07, 6.45) is -13.9. The van der Waals surface area contributed by atoms with Gasteiger partial charge in [-0.3, -0.25) is 9.59 Å². The van der Waals surface area contributed by atoms with Crippen molar-refractivity contribution in [3.8, 4) is 0 Å². The van der Waals surface area contributed by atoms with Gasteiger partial charge in [-0.15, -0.1) is 0 Å². The van der Waals surface area contributed by atoms with Gasteiger partial charge < -0.3 is 142 Å². The summed E-state index contributed by atoms with van der Waals surface area (Å²) >= 11 is 0. The van der Waals surface area contributed by atoms with E-state index < -0.39 is 228 Å². The lowest BCUT2D eigenvalue weighted by atomic mass is 9.82. The van der Waals surface area contributed by atoms with Gasteiger partial charge in [0.05, 0.1) is 105 Å². The van der Waals surface area contributed by atoms with Crippen molar-refractivity contribution in [3.63, 3.8) is 0 Å². The Labute approximate surface area is 541 Å². The van der Waals surface area contributed by atoms with Gasteiger partial charge in [-0.25, -0.2) is 0 Å². The van der Waals surface area contributed by atoms with E-state index in [0.29, 0.717) is 13.1 Å². The number of esters is 1. The van der Waals surface area contributed by atoms with E-state index in [0.717, 1.165) is 0 Å². The molecular weight excluding hydrogens is 1230 g/mol. The standard InChI is InChI=1S/C63H104N4O26/c1-34-17-15-13-11-9-7-5-6-8-10-12-14-16-18-41(90-60-54(80)50(52(78)37(4)89-60)67-33-63(86)58(83)57(45(75)32-87-63)92-61-56(82)55(81)53(79)47(31-68)91-61)28-46-49(59(84)66-24-23-65-22-21-64)44(74)30-62(85,93-46)29-40(71)26-43(73)42(72)20-19-38(69)25-39(70)27-48(76)88-36(3)35(2)51(34)77/h5-18,34-47,49-58,60-61,65,67-75,77-83,85-86H,19-33,64H2,1-4H3,(H,66,84)/t34-,35-,36-,37+,38+,39+,40-,41-,42+,43+,44-,45+,46?,47+,49?,50-,51+,52+,53-,54-,55-,56+,57+,58-,60?,61?,62+,63+/m0/s1. The number of allylic oxidation sites excluding steroid dienone is 12.